The van der Waals surface area contributed by atoms with Crippen molar-refractivity contribution in [1.82, 2.24) is 14.6 Å². The van der Waals surface area contributed by atoms with Crippen LogP contribution in [0.1, 0.15) is 31.7 Å². The molecule has 0 unspecified atom stereocenters. The van der Waals surface area contributed by atoms with E-state index in [0.717, 1.165) is 17.9 Å². The quantitative estimate of drug-likeness (QED) is 0.852. The van der Waals surface area contributed by atoms with Gasteiger partial charge in [-0.2, -0.15) is 5.10 Å². The lowest BCUT2D eigenvalue weighted by Gasteiger charge is -2.19. The van der Waals surface area contributed by atoms with E-state index in [-0.39, 0.29) is 5.41 Å². The molecule has 0 aliphatic rings. The smallest absolute Gasteiger partial charge is 0.157 e. The first kappa shape index (κ1) is 11.1. The number of aromatic nitrogens is 3. The van der Waals surface area contributed by atoms with Crippen LogP contribution in [-0.4, -0.2) is 21.1 Å². The first-order valence-electron chi connectivity index (χ1n) is 5.56. The second-order valence-corrected chi connectivity index (χ2v) is 4.86. The number of nitrogens with zero attached hydrogens (tertiary/aromatic N) is 3. The van der Waals surface area contributed by atoms with Gasteiger partial charge in [0.2, 0.25) is 0 Å². The van der Waals surface area contributed by atoms with Gasteiger partial charge in [0, 0.05) is 11.6 Å². The number of fused-ring (bicyclic) bond motifs is 1. The van der Waals surface area contributed by atoms with Gasteiger partial charge in [-0.1, -0.05) is 13.8 Å². The summed E-state index contributed by atoms with van der Waals surface area (Å²) in [7, 11) is 0. The third kappa shape index (κ3) is 1.93. The van der Waals surface area contributed by atoms with Crippen molar-refractivity contribution in [2.24, 2.45) is 5.73 Å². The van der Waals surface area contributed by atoms with Crippen molar-refractivity contribution in [2.75, 3.05) is 6.54 Å². The Hall–Kier alpha value is -1.42. The van der Waals surface area contributed by atoms with Gasteiger partial charge in [0.15, 0.2) is 11.5 Å². The summed E-state index contributed by atoms with van der Waals surface area (Å²) in [4.78, 5) is 4.56. The minimum Gasteiger partial charge on any atom is -0.330 e. The molecule has 2 aromatic heterocycles. The van der Waals surface area contributed by atoms with E-state index >= 15 is 0 Å². The lowest BCUT2D eigenvalue weighted by Crippen LogP contribution is -2.23. The molecule has 0 fully saturated rings. The highest BCUT2D eigenvalue weighted by Gasteiger charge is 2.24. The Kier molecular flexibility index (Phi) is 2.68. The van der Waals surface area contributed by atoms with Crippen LogP contribution in [0.15, 0.2) is 18.3 Å². The Morgan fingerprint density at radius 2 is 2.19 bits per heavy atom. The van der Waals surface area contributed by atoms with Gasteiger partial charge in [0.1, 0.15) is 0 Å². The Labute approximate surface area is 95.5 Å². The predicted molar refractivity (Wildman–Crippen MR) is 64.4 cm³/mol. The monoisotopic (exact) mass is 218 g/mol. The summed E-state index contributed by atoms with van der Waals surface area (Å²) in [6.45, 7) is 6.96. The summed E-state index contributed by atoms with van der Waals surface area (Å²) >= 11 is 0. The molecule has 0 aliphatic carbocycles. The number of aryl methyl sites for hydroxylation is 1. The van der Waals surface area contributed by atoms with Crippen molar-refractivity contribution in [1.29, 1.82) is 0 Å². The van der Waals surface area contributed by atoms with E-state index in [2.05, 4.69) is 30.9 Å². The zero-order valence-electron chi connectivity index (χ0n) is 10.1. The van der Waals surface area contributed by atoms with Gasteiger partial charge in [-0.3, -0.25) is 0 Å². The van der Waals surface area contributed by atoms with Crippen molar-refractivity contribution in [3.63, 3.8) is 0 Å². The summed E-state index contributed by atoms with van der Waals surface area (Å²) in [6.07, 6.45) is 2.84. The first-order chi connectivity index (χ1) is 7.53. The SMILES string of the molecule is Cc1ccn2nc(C(C)(C)CCN)nc2c1. The van der Waals surface area contributed by atoms with Crippen LogP contribution in [0.4, 0.5) is 0 Å². The molecule has 0 aliphatic heterocycles. The molecule has 0 amide bonds. The Morgan fingerprint density at radius 1 is 1.44 bits per heavy atom. The van der Waals surface area contributed by atoms with E-state index in [1.807, 2.05) is 22.8 Å². The lowest BCUT2D eigenvalue weighted by molar-refractivity contribution is 0.457. The molecule has 16 heavy (non-hydrogen) atoms. The molecule has 4 nitrogen and oxygen atoms in total. The topological polar surface area (TPSA) is 56.2 Å². The summed E-state index contributed by atoms with van der Waals surface area (Å²) in [5, 5.41) is 4.49. The summed E-state index contributed by atoms with van der Waals surface area (Å²) < 4.78 is 1.82. The van der Waals surface area contributed by atoms with Gasteiger partial charge in [-0.25, -0.2) is 9.50 Å². The van der Waals surface area contributed by atoms with E-state index in [9.17, 15) is 0 Å². The van der Waals surface area contributed by atoms with Crippen LogP contribution in [-0.2, 0) is 5.41 Å². The fraction of sp³-hybridized carbons (Fsp3) is 0.500. The third-order valence-electron chi connectivity index (χ3n) is 2.87. The van der Waals surface area contributed by atoms with Crippen molar-refractivity contribution < 1.29 is 0 Å². The minimum absolute atomic E-state index is 0.0608. The van der Waals surface area contributed by atoms with Crippen LogP contribution in [0.3, 0.4) is 0 Å². The molecule has 4 heteroatoms. The van der Waals surface area contributed by atoms with Gasteiger partial charge in [-0.05, 0) is 37.6 Å². The van der Waals surface area contributed by atoms with Gasteiger partial charge < -0.3 is 5.73 Å². The fourth-order valence-electron chi connectivity index (χ4n) is 1.74. The molecule has 2 N–H and O–H groups in total. The van der Waals surface area contributed by atoms with Crippen LogP contribution in [0.5, 0.6) is 0 Å². The van der Waals surface area contributed by atoms with Crippen LogP contribution < -0.4 is 5.73 Å². The van der Waals surface area contributed by atoms with Crippen molar-refractivity contribution in [3.8, 4) is 0 Å². The Morgan fingerprint density at radius 3 is 2.88 bits per heavy atom. The van der Waals surface area contributed by atoms with Crippen LogP contribution >= 0.6 is 0 Å². The summed E-state index contributed by atoms with van der Waals surface area (Å²) in [6, 6.07) is 4.07. The number of hydrogen-bond acceptors (Lipinski definition) is 3. The van der Waals surface area contributed by atoms with Crippen molar-refractivity contribution >= 4 is 5.65 Å². The average molecular weight is 218 g/mol. The molecular weight excluding hydrogens is 200 g/mol. The number of hydrogen-bond donors (Lipinski definition) is 1. The molecule has 0 saturated heterocycles. The van der Waals surface area contributed by atoms with E-state index in [4.69, 9.17) is 5.73 Å². The first-order valence-corrected chi connectivity index (χ1v) is 5.56. The average Bonchev–Trinajstić information content (AvgIpc) is 2.61. The minimum atomic E-state index is -0.0608. The molecule has 2 rings (SSSR count). The van der Waals surface area contributed by atoms with E-state index in [0.29, 0.717) is 6.54 Å². The second-order valence-electron chi connectivity index (χ2n) is 4.86. The van der Waals surface area contributed by atoms with Gasteiger partial charge >= 0.3 is 0 Å². The van der Waals surface area contributed by atoms with Crippen LogP contribution in [0.2, 0.25) is 0 Å². The molecule has 0 atom stereocenters. The predicted octanol–water partition coefficient (Wildman–Crippen LogP) is 1.66. The Bertz CT molecular complexity index is 499. The van der Waals surface area contributed by atoms with Gasteiger partial charge in [-0.15, -0.1) is 0 Å². The summed E-state index contributed by atoms with van der Waals surface area (Å²) in [5.74, 6) is 0.864. The maximum Gasteiger partial charge on any atom is 0.157 e. The van der Waals surface area contributed by atoms with Crippen molar-refractivity contribution in [2.45, 2.75) is 32.6 Å². The maximum absolute atomic E-state index is 5.61. The van der Waals surface area contributed by atoms with Gasteiger partial charge in [0.25, 0.3) is 0 Å². The highest BCUT2D eigenvalue weighted by Crippen LogP contribution is 2.23. The third-order valence-corrected chi connectivity index (χ3v) is 2.87. The zero-order valence-corrected chi connectivity index (χ0v) is 10.1. The number of rotatable bonds is 3. The normalized spacial score (nSPS) is 12.2. The highest BCUT2D eigenvalue weighted by molar-refractivity contribution is 5.40. The highest BCUT2D eigenvalue weighted by atomic mass is 15.3. The standard InChI is InChI=1S/C12H18N4/c1-9-4-7-16-10(8-9)14-11(15-16)12(2,3)5-6-13/h4,7-8H,5-6,13H2,1-3H3. The van der Waals surface area contributed by atoms with Crippen LogP contribution in [0, 0.1) is 6.92 Å². The summed E-state index contributed by atoms with van der Waals surface area (Å²) in [5.41, 5.74) is 7.65. The molecule has 2 aromatic rings. The molecule has 2 heterocycles. The lowest BCUT2D eigenvalue weighted by atomic mass is 9.89. The number of nitrogens with two attached hydrogens (primary N) is 1. The maximum atomic E-state index is 5.61. The zero-order chi connectivity index (χ0) is 11.8. The molecule has 0 radical (unpaired) electrons. The van der Waals surface area contributed by atoms with Gasteiger partial charge in [0.05, 0.1) is 0 Å². The molecule has 0 saturated carbocycles. The molecule has 86 valence electrons. The molecule has 0 spiro atoms. The number of pyridine rings is 1. The Balaban J connectivity index is 2.46. The fourth-order valence-corrected chi connectivity index (χ4v) is 1.74. The molecular formula is C12H18N4. The van der Waals surface area contributed by atoms with Crippen molar-refractivity contribution in [3.05, 3.63) is 29.7 Å². The van der Waals surface area contributed by atoms with E-state index < -0.39 is 0 Å². The van der Waals surface area contributed by atoms with E-state index in [1.54, 1.807) is 0 Å². The molecule has 0 aromatic carbocycles. The largest absolute Gasteiger partial charge is 0.330 e. The van der Waals surface area contributed by atoms with Crippen LogP contribution in [0.25, 0.3) is 5.65 Å². The van der Waals surface area contributed by atoms with E-state index in [1.165, 1.54) is 5.56 Å². The molecule has 0 bridgehead atoms. The second kappa shape index (κ2) is 3.87.